The average molecular weight is 280 g/mol. The van der Waals surface area contributed by atoms with Gasteiger partial charge in [0, 0.05) is 31.6 Å². The molecule has 2 aliphatic rings. The zero-order valence-corrected chi connectivity index (χ0v) is 13.4. The molecule has 2 heterocycles. The first kappa shape index (κ1) is 15.8. The van der Waals surface area contributed by atoms with E-state index in [1.54, 1.807) is 0 Å². The van der Waals surface area contributed by atoms with Crippen LogP contribution >= 0.6 is 0 Å². The molecule has 3 nitrogen and oxygen atoms in total. The summed E-state index contributed by atoms with van der Waals surface area (Å²) in [5, 5.41) is 3.43. The van der Waals surface area contributed by atoms with Crippen molar-refractivity contribution in [2.45, 2.75) is 83.7 Å². The van der Waals surface area contributed by atoms with E-state index < -0.39 is 0 Å². The number of rotatable bonds is 8. The van der Waals surface area contributed by atoms with Gasteiger partial charge in [0.1, 0.15) is 0 Å². The number of likely N-dealkylation sites (tertiary alicyclic amines) is 1. The summed E-state index contributed by atoms with van der Waals surface area (Å²) >= 11 is 0. The number of nitrogens with one attached hydrogen (secondary N) is 1. The molecular formula is C17H32N2O. The van der Waals surface area contributed by atoms with Crippen molar-refractivity contribution in [3.05, 3.63) is 0 Å². The van der Waals surface area contributed by atoms with Crippen molar-refractivity contribution < 1.29 is 4.79 Å². The van der Waals surface area contributed by atoms with Crippen LogP contribution < -0.4 is 5.32 Å². The van der Waals surface area contributed by atoms with Gasteiger partial charge in [0.05, 0.1) is 0 Å². The predicted molar refractivity (Wildman–Crippen MR) is 83.7 cm³/mol. The first-order chi connectivity index (χ1) is 9.74. The van der Waals surface area contributed by atoms with Gasteiger partial charge >= 0.3 is 0 Å². The Kier molecular flexibility index (Phi) is 6.34. The van der Waals surface area contributed by atoms with E-state index in [0.29, 0.717) is 23.9 Å². The van der Waals surface area contributed by atoms with Crippen LogP contribution in [0.2, 0.25) is 0 Å². The summed E-state index contributed by atoms with van der Waals surface area (Å²) in [6.07, 6.45) is 10.9. The van der Waals surface area contributed by atoms with Gasteiger partial charge < -0.3 is 10.2 Å². The molecule has 2 aliphatic heterocycles. The predicted octanol–water partition coefficient (Wildman–Crippen LogP) is 3.34. The number of nitrogens with zero attached hydrogens (tertiary/aromatic N) is 1. The van der Waals surface area contributed by atoms with E-state index in [4.69, 9.17) is 0 Å². The third-order valence-corrected chi connectivity index (χ3v) is 5.06. The normalized spacial score (nSPS) is 28.9. The number of carbonyl (C=O) groups excluding carboxylic acids is 1. The molecule has 0 radical (unpaired) electrons. The first-order valence-electron chi connectivity index (χ1n) is 8.76. The number of fused-ring (bicyclic) bond motifs is 1. The van der Waals surface area contributed by atoms with E-state index in [1.165, 1.54) is 44.9 Å². The summed E-state index contributed by atoms with van der Waals surface area (Å²) in [5.41, 5.74) is 0. The smallest absolute Gasteiger partial charge is 0.223 e. The lowest BCUT2D eigenvalue weighted by molar-refractivity contribution is -0.133. The molecular weight excluding hydrogens is 248 g/mol. The van der Waals surface area contributed by atoms with Crippen LogP contribution in [-0.2, 0) is 4.79 Å². The van der Waals surface area contributed by atoms with Crippen LogP contribution in [0.15, 0.2) is 0 Å². The number of unbranched alkanes of at least 4 members (excludes halogenated alkanes) is 6. The summed E-state index contributed by atoms with van der Waals surface area (Å²) in [5.74, 6) is 1.12. The standard InChI is InChI=1S/C17H32N2O/c1-3-4-5-6-7-8-9-10-17(20)19-14(2)11-15-12-18-13-16(15)19/h14-16,18H,3-13H2,1-2H3. The molecule has 20 heavy (non-hydrogen) atoms. The molecule has 2 rings (SSSR count). The molecule has 3 unspecified atom stereocenters. The fraction of sp³-hybridized carbons (Fsp3) is 0.941. The Balaban J connectivity index is 1.62. The first-order valence-corrected chi connectivity index (χ1v) is 8.76. The van der Waals surface area contributed by atoms with Gasteiger partial charge in [0.2, 0.25) is 5.91 Å². The van der Waals surface area contributed by atoms with Crippen molar-refractivity contribution in [2.24, 2.45) is 5.92 Å². The topological polar surface area (TPSA) is 32.3 Å². The van der Waals surface area contributed by atoms with Crippen molar-refractivity contribution in [3.63, 3.8) is 0 Å². The molecule has 0 aromatic heterocycles. The molecule has 0 aliphatic carbocycles. The summed E-state index contributed by atoms with van der Waals surface area (Å²) in [7, 11) is 0. The van der Waals surface area contributed by atoms with E-state index in [1.807, 2.05) is 0 Å². The lowest BCUT2D eigenvalue weighted by Gasteiger charge is -2.27. The third kappa shape index (κ3) is 3.97. The van der Waals surface area contributed by atoms with Crippen molar-refractivity contribution in [1.82, 2.24) is 10.2 Å². The second kappa shape index (κ2) is 8.02. The number of hydrogen-bond donors (Lipinski definition) is 1. The largest absolute Gasteiger partial charge is 0.335 e. The van der Waals surface area contributed by atoms with Crippen molar-refractivity contribution in [2.75, 3.05) is 13.1 Å². The monoisotopic (exact) mass is 280 g/mol. The molecule has 2 saturated heterocycles. The number of hydrogen-bond acceptors (Lipinski definition) is 2. The maximum atomic E-state index is 12.4. The lowest BCUT2D eigenvalue weighted by Crippen LogP contribution is -2.42. The molecule has 0 bridgehead atoms. The number of carbonyl (C=O) groups is 1. The molecule has 0 saturated carbocycles. The molecule has 1 N–H and O–H groups in total. The Labute approximate surface area is 124 Å². The summed E-state index contributed by atoms with van der Waals surface area (Å²) in [6.45, 7) is 6.59. The summed E-state index contributed by atoms with van der Waals surface area (Å²) in [4.78, 5) is 14.6. The summed E-state index contributed by atoms with van der Waals surface area (Å²) < 4.78 is 0. The zero-order valence-electron chi connectivity index (χ0n) is 13.4. The van der Waals surface area contributed by atoms with Crippen LogP contribution in [0.4, 0.5) is 0 Å². The van der Waals surface area contributed by atoms with Crippen LogP contribution in [0.1, 0.15) is 71.6 Å². The van der Waals surface area contributed by atoms with Gasteiger partial charge in [-0.05, 0) is 25.7 Å². The second-order valence-electron chi connectivity index (χ2n) is 6.74. The van der Waals surface area contributed by atoms with E-state index >= 15 is 0 Å². The zero-order chi connectivity index (χ0) is 14.4. The average Bonchev–Trinajstić information content (AvgIpc) is 2.97. The molecule has 0 aromatic carbocycles. The highest BCUT2D eigenvalue weighted by Gasteiger charge is 2.43. The van der Waals surface area contributed by atoms with E-state index in [9.17, 15) is 4.79 Å². The minimum atomic E-state index is 0.405. The Hall–Kier alpha value is -0.570. The van der Waals surface area contributed by atoms with Gasteiger partial charge in [0.15, 0.2) is 0 Å². The Morgan fingerprint density at radius 2 is 1.80 bits per heavy atom. The van der Waals surface area contributed by atoms with Gasteiger partial charge in [-0.15, -0.1) is 0 Å². The van der Waals surface area contributed by atoms with Crippen molar-refractivity contribution in [1.29, 1.82) is 0 Å². The highest BCUT2D eigenvalue weighted by molar-refractivity contribution is 5.77. The van der Waals surface area contributed by atoms with Crippen LogP contribution in [-0.4, -0.2) is 36.0 Å². The molecule has 116 valence electrons. The van der Waals surface area contributed by atoms with Crippen molar-refractivity contribution in [3.8, 4) is 0 Å². The highest BCUT2D eigenvalue weighted by Crippen LogP contribution is 2.32. The van der Waals surface area contributed by atoms with Crippen LogP contribution in [0.25, 0.3) is 0 Å². The third-order valence-electron chi connectivity index (χ3n) is 5.06. The quantitative estimate of drug-likeness (QED) is 0.692. The summed E-state index contributed by atoms with van der Waals surface area (Å²) in [6, 6.07) is 0.950. The van der Waals surface area contributed by atoms with Crippen LogP contribution in [0, 0.1) is 5.92 Å². The SMILES string of the molecule is CCCCCCCCCC(=O)N1C(C)CC2CNCC21. The minimum Gasteiger partial charge on any atom is -0.335 e. The maximum absolute atomic E-state index is 12.4. The molecule has 0 spiro atoms. The second-order valence-corrected chi connectivity index (χ2v) is 6.74. The number of amides is 1. The fourth-order valence-electron chi connectivity index (χ4n) is 3.96. The van der Waals surface area contributed by atoms with Gasteiger partial charge in [-0.3, -0.25) is 4.79 Å². The molecule has 0 aromatic rings. The van der Waals surface area contributed by atoms with Crippen molar-refractivity contribution >= 4 is 5.91 Å². The Bertz CT molecular complexity index is 305. The van der Waals surface area contributed by atoms with Crippen LogP contribution in [0.5, 0.6) is 0 Å². The Morgan fingerprint density at radius 3 is 2.55 bits per heavy atom. The van der Waals surface area contributed by atoms with E-state index in [0.717, 1.165) is 25.9 Å². The molecule has 3 heteroatoms. The maximum Gasteiger partial charge on any atom is 0.223 e. The minimum absolute atomic E-state index is 0.405. The van der Waals surface area contributed by atoms with Crippen LogP contribution in [0.3, 0.4) is 0 Å². The lowest BCUT2D eigenvalue weighted by atomic mass is 10.0. The fourth-order valence-corrected chi connectivity index (χ4v) is 3.96. The molecule has 3 atom stereocenters. The highest BCUT2D eigenvalue weighted by atomic mass is 16.2. The van der Waals surface area contributed by atoms with Gasteiger partial charge in [-0.1, -0.05) is 45.4 Å². The van der Waals surface area contributed by atoms with Gasteiger partial charge in [-0.25, -0.2) is 0 Å². The van der Waals surface area contributed by atoms with E-state index in [2.05, 4.69) is 24.1 Å². The molecule has 1 amide bonds. The van der Waals surface area contributed by atoms with E-state index in [-0.39, 0.29) is 0 Å². The molecule has 2 fully saturated rings. The van der Waals surface area contributed by atoms with Gasteiger partial charge in [-0.2, -0.15) is 0 Å². The Morgan fingerprint density at radius 1 is 1.10 bits per heavy atom. The van der Waals surface area contributed by atoms with Gasteiger partial charge in [0.25, 0.3) is 0 Å².